The summed E-state index contributed by atoms with van der Waals surface area (Å²) in [6.07, 6.45) is 1.92. The van der Waals surface area contributed by atoms with Crippen molar-refractivity contribution in [2.45, 2.75) is 13.8 Å². The lowest BCUT2D eigenvalue weighted by atomic mass is 9.96. The average molecular weight is 744 g/mol. The van der Waals surface area contributed by atoms with E-state index >= 15 is 0 Å². The fourth-order valence-corrected chi connectivity index (χ4v) is 13.6. The molecule has 56 heavy (non-hydrogen) atoms. The molecule has 7 aromatic carbocycles. The molecule has 0 unspecified atom stereocenters. The Morgan fingerprint density at radius 2 is 1.16 bits per heavy atom. The number of anilines is 3. The lowest BCUT2D eigenvalue weighted by Gasteiger charge is -2.35. The number of rotatable bonds is 7. The van der Waals surface area contributed by atoms with Gasteiger partial charge in [-0.3, -0.25) is 4.57 Å². The second-order valence-corrected chi connectivity index (χ2v) is 18.3. The van der Waals surface area contributed by atoms with Crippen molar-refractivity contribution in [3.8, 4) is 16.9 Å². The van der Waals surface area contributed by atoms with Gasteiger partial charge in [-0.05, 0) is 105 Å². The first-order valence-electron chi connectivity index (χ1n) is 20.4. The van der Waals surface area contributed by atoms with Crippen LogP contribution in [0.3, 0.4) is 0 Å². The Morgan fingerprint density at radius 3 is 1.91 bits per heavy atom. The van der Waals surface area contributed by atoms with E-state index in [1.54, 1.807) is 11.1 Å². The fourth-order valence-electron chi connectivity index (χ4n) is 8.82. The predicted molar refractivity (Wildman–Crippen MR) is 235 cm³/mol. The average Bonchev–Trinajstić information content (AvgIpc) is 3.82. The number of benzene rings is 7. The van der Waals surface area contributed by atoms with Gasteiger partial charge in [0.05, 0.1) is 28.1 Å². The summed E-state index contributed by atoms with van der Waals surface area (Å²) in [6.45, 7) is 1.83. The zero-order chi connectivity index (χ0) is 40.3. The van der Waals surface area contributed by atoms with E-state index in [9.17, 15) is 0 Å². The van der Waals surface area contributed by atoms with Gasteiger partial charge in [0.15, 0.2) is 8.07 Å². The molecule has 0 N–H and O–H groups in total. The van der Waals surface area contributed by atoms with Crippen LogP contribution >= 0.6 is 0 Å². The van der Waals surface area contributed by atoms with Crippen molar-refractivity contribution in [3.05, 3.63) is 199 Å². The number of para-hydroxylation sites is 3. The molecule has 0 aliphatic carbocycles. The number of fused-ring (bicyclic) bond motifs is 4. The summed E-state index contributed by atoms with van der Waals surface area (Å²) in [5.41, 5.74) is 8.84. The molecule has 0 spiro atoms. The number of hydroxylamine groups is 1. The minimum absolute atomic E-state index is 0.487. The van der Waals surface area contributed by atoms with Crippen LogP contribution in [-0.2, 0) is 4.94 Å². The molecule has 9 aromatic rings. The van der Waals surface area contributed by atoms with Crippen LogP contribution < -0.4 is 30.9 Å². The standard InChI is InChI=1S/C50H40N4OSi/c1-35-16-14-17-36(2)50(35)37-30-31-51-49(32-37)53-45-25-11-10-24-43(45)44-29-28-42(34-48(44)53)56(39-19-6-4-7-20-39,40-21-8-5-9-22-40)41-23-15-18-38(33-41)54-47-27-13-12-26-46(47)52(3)55-54/h4-34H,1-3H3/i3D3. The highest BCUT2D eigenvalue weighted by atomic mass is 28.3. The molecule has 6 heteroatoms. The smallest absolute Gasteiger partial charge is 0.179 e. The molecule has 0 amide bonds. The number of pyridine rings is 1. The van der Waals surface area contributed by atoms with Crippen LogP contribution in [0.25, 0.3) is 38.8 Å². The molecule has 10 rings (SSSR count). The van der Waals surface area contributed by atoms with E-state index in [4.69, 9.17) is 14.0 Å². The van der Waals surface area contributed by atoms with E-state index in [1.165, 1.54) is 32.3 Å². The lowest BCUT2D eigenvalue weighted by molar-refractivity contribution is 0.142. The first-order chi connectivity index (χ1) is 28.7. The molecule has 0 atom stereocenters. The van der Waals surface area contributed by atoms with E-state index < -0.39 is 15.0 Å². The van der Waals surface area contributed by atoms with Crippen LogP contribution in [-0.4, -0.2) is 24.6 Å². The third kappa shape index (κ3) is 5.29. The first-order valence-corrected chi connectivity index (χ1v) is 20.9. The van der Waals surface area contributed by atoms with Crippen LogP contribution in [0.1, 0.15) is 15.2 Å². The van der Waals surface area contributed by atoms with Crippen molar-refractivity contribution in [1.29, 1.82) is 0 Å². The monoisotopic (exact) mass is 743 g/mol. The second-order valence-electron chi connectivity index (χ2n) is 14.4. The highest BCUT2D eigenvalue weighted by Gasteiger charge is 2.42. The van der Waals surface area contributed by atoms with Gasteiger partial charge in [0.2, 0.25) is 0 Å². The van der Waals surface area contributed by atoms with Crippen molar-refractivity contribution in [1.82, 2.24) is 9.55 Å². The molecule has 270 valence electrons. The largest absolute Gasteiger partial charge is 0.294 e. The van der Waals surface area contributed by atoms with Crippen LogP contribution in [0.2, 0.25) is 0 Å². The van der Waals surface area contributed by atoms with Crippen molar-refractivity contribution in [3.63, 3.8) is 0 Å². The maximum absolute atomic E-state index is 8.26. The number of hydrogen-bond donors (Lipinski definition) is 0. The van der Waals surface area contributed by atoms with Gasteiger partial charge in [-0.2, -0.15) is 5.06 Å². The van der Waals surface area contributed by atoms with Gasteiger partial charge in [0, 0.05) is 28.1 Å². The third-order valence-corrected chi connectivity index (χ3v) is 16.0. The molecule has 0 fully saturated rings. The van der Waals surface area contributed by atoms with E-state index in [0.29, 0.717) is 11.4 Å². The molecule has 2 aromatic heterocycles. The molecule has 1 aliphatic rings. The molecule has 1 aliphatic heterocycles. The fraction of sp³-hybridized carbons (Fsp3) is 0.0600. The third-order valence-electron chi connectivity index (χ3n) is 11.3. The van der Waals surface area contributed by atoms with Crippen molar-refractivity contribution in [2.75, 3.05) is 17.1 Å². The summed E-state index contributed by atoms with van der Waals surface area (Å²) in [5.74, 6) is 0.853. The number of aryl methyl sites for hydroxylation is 2. The molecule has 0 radical (unpaired) electrons. The van der Waals surface area contributed by atoms with Gasteiger partial charge < -0.3 is 0 Å². The minimum atomic E-state index is -3.14. The van der Waals surface area contributed by atoms with Gasteiger partial charge in [-0.25, -0.2) is 10.0 Å². The lowest BCUT2D eigenvalue weighted by Crippen LogP contribution is -2.74. The van der Waals surface area contributed by atoms with Crippen LogP contribution in [0.5, 0.6) is 0 Å². The Kier molecular flexibility index (Phi) is 7.39. The van der Waals surface area contributed by atoms with Crippen LogP contribution in [0.4, 0.5) is 17.1 Å². The topological polar surface area (TPSA) is 33.5 Å². The highest BCUT2D eigenvalue weighted by molar-refractivity contribution is 7.20. The van der Waals surface area contributed by atoms with Gasteiger partial charge in [-0.1, -0.05) is 133 Å². The van der Waals surface area contributed by atoms with Crippen molar-refractivity contribution >= 4 is 67.7 Å². The summed E-state index contributed by atoms with van der Waals surface area (Å²) >= 11 is 0. The van der Waals surface area contributed by atoms with E-state index in [-0.39, 0.29) is 0 Å². The molecule has 3 heterocycles. The Morgan fingerprint density at radius 1 is 0.536 bits per heavy atom. The SMILES string of the molecule is [2H]C([2H])([2H])N1ON(c2cccc([Si](c3ccccc3)(c3ccccc3)c3ccc4c5ccccc5n(-c5cc(-c6c(C)cccc6C)ccn5)c4c3)c2)c2ccccc21. The quantitative estimate of drug-likeness (QED) is 0.120. The van der Waals surface area contributed by atoms with Crippen molar-refractivity contribution < 1.29 is 9.05 Å². The zero-order valence-electron chi connectivity index (χ0n) is 34.1. The summed E-state index contributed by atoms with van der Waals surface area (Å²) < 4.78 is 27.1. The van der Waals surface area contributed by atoms with E-state index in [0.717, 1.165) is 49.1 Å². The first kappa shape index (κ1) is 30.6. The van der Waals surface area contributed by atoms with Gasteiger partial charge in [0.25, 0.3) is 0 Å². The highest BCUT2D eigenvalue weighted by Crippen LogP contribution is 2.40. The number of aromatic nitrogens is 2. The van der Waals surface area contributed by atoms with E-state index in [1.807, 2.05) is 30.5 Å². The molecular weight excluding hydrogens is 701 g/mol. The minimum Gasteiger partial charge on any atom is -0.294 e. The summed E-state index contributed by atoms with van der Waals surface area (Å²) in [6, 6.07) is 63.8. The second kappa shape index (κ2) is 13.5. The van der Waals surface area contributed by atoms with Gasteiger partial charge in [0.1, 0.15) is 5.82 Å². The Bertz CT molecular complexity index is 2960. The number of nitrogens with zero attached hydrogens (tertiary/aromatic N) is 4. The van der Waals surface area contributed by atoms with Crippen LogP contribution in [0.15, 0.2) is 188 Å². The van der Waals surface area contributed by atoms with Gasteiger partial charge in [-0.15, -0.1) is 4.94 Å². The van der Waals surface area contributed by atoms with Gasteiger partial charge >= 0.3 is 0 Å². The van der Waals surface area contributed by atoms with Crippen LogP contribution in [0, 0.1) is 13.8 Å². The van der Waals surface area contributed by atoms with Crippen molar-refractivity contribution in [2.24, 2.45) is 0 Å². The Balaban J connectivity index is 1.24. The normalized spacial score (nSPS) is 13.8. The Labute approximate surface area is 332 Å². The Hall–Kier alpha value is -6.73. The molecule has 0 saturated carbocycles. The summed E-state index contributed by atoms with van der Waals surface area (Å²) in [4.78, 5) is 11.2. The molecule has 5 nitrogen and oxygen atoms in total. The predicted octanol–water partition coefficient (Wildman–Crippen LogP) is 9.27. The summed E-state index contributed by atoms with van der Waals surface area (Å²) in [7, 11) is -3.14. The summed E-state index contributed by atoms with van der Waals surface area (Å²) in [5, 5.41) is 9.71. The van der Waals surface area contributed by atoms with E-state index in [2.05, 4.69) is 170 Å². The molecular formula is C50H40N4OSi. The molecule has 0 saturated heterocycles. The maximum Gasteiger partial charge on any atom is 0.179 e. The zero-order valence-corrected chi connectivity index (χ0v) is 32.1. The maximum atomic E-state index is 8.26. The molecule has 0 bridgehead atoms. The number of hydrogen-bond acceptors (Lipinski definition) is 4.